The number of para-hydroxylation sites is 1. The van der Waals surface area contributed by atoms with Crippen LogP contribution >= 0.6 is 0 Å². The van der Waals surface area contributed by atoms with Gasteiger partial charge in [0, 0.05) is 42.6 Å². The Morgan fingerprint density at radius 3 is 2.79 bits per heavy atom. The van der Waals surface area contributed by atoms with E-state index in [2.05, 4.69) is 4.98 Å². The van der Waals surface area contributed by atoms with Crippen molar-refractivity contribution in [3.05, 3.63) is 105 Å². The highest BCUT2D eigenvalue weighted by molar-refractivity contribution is 6.10. The molecule has 0 bridgehead atoms. The Morgan fingerprint density at radius 2 is 2.00 bits per heavy atom. The van der Waals surface area contributed by atoms with E-state index < -0.39 is 17.2 Å². The maximum atomic E-state index is 14.1. The molecule has 2 aromatic carbocycles. The van der Waals surface area contributed by atoms with Crippen molar-refractivity contribution in [2.45, 2.75) is 13.2 Å². The number of carbonyl (C=O) groups is 1. The van der Waals surface area contributed by atoms with Gasteiger partial charge in [-0.15, -0.1) is 0 Å². The second-order valence-corrected chi connectivity index (χ2v) is 7.50. The standard InChI is InChI=1S/C26H20FN3O4/c1-33-11-10-30-15-20(12-19(14-28)26(30)32)25(31)22-13-21(27)7-8-23(22)34-16-18-5-2-4-17-6-3-9-29-24(17)18/h2-9,12-13,15H,10-11,16H2,1H3. The molecule has 0 unspecified atom stereocenters. The van der Waals surface area contributed by atoms with E-state index in [9.17, 15) is 19.2 Å². The number of rotatable bonds is 8. The summed E-state index contributed by atoms with van der Waals surface area (Å²) in [5.41, 5.74) is 0.894. The molecule has 8 heteroatoms. The van der Waals surface area contributed by atoms with Gasteiger partial charge < -0.3 is 14.0 Å². The van der Waals surface area contributed by atoms with Crippen LogP contribution in [0.2, 0.25) is 0 Å². The molecule has 34 heavy (non-hydrogen) atoms. The minimum atomic E-state index is -0.615. The van der Waals surface area contributed by atoms with Crippen LogP contribution in [0, 0.1) is 17.1 Å². The molecule has 0 N–H and O–H groups in total. The van der Waals surface area contributed by atoms with E-state index in [1.54, 1.807) is 6.20 Å². The molecule has 2 heterocycles. The van der Waals surface area contributed by atoms with Gasteiger partial charge in [-0.2, -0.15) is 5.26 Å². The van der Waals surface area contributed by atoms with E-state index in [1.807, 2.05) is 36.4 Å². The molecule has 4 aromatic rings. The van der Waals surface area contributed by atoms with Crippen molar-refractivity contribution in [1.29, 1.82) is 5.26 Å². The summed E-state index contributed by atoms with van der Waals surface area (Å²) >= 11 is 0. The minimum absolute atomic E-state index is 0.0194. The van der Waals surface area contributed by atoms with Crippen LogP contribution in [-0.4, -0.2) is 29.1 Å². The number of fused-ring (bicyclic) bond motifs is 1. The molecule has 0 atom stereocenters. The van der Waals surface area contributed by atoms with Crippen molar-refractivity contribution in [2.24, 2.45) is 0 Å². The highest BCUT2D eigenvalue weighted by Gasteiger charge is 2.19. The molecule has 0 radical (unpaired) electrons. The molecule has 170 valence electrons. The Balaban J connectivity index is 1.69. The quantitative estimate of drug-likeness (QED) is 0.373. The number of nitriles is 1. The summed E-state index contributed by atoms with van der Waals surface area (Å²) < 4.78 is 26.3. The first-order valence-electron chi connectivity index (χ1n) is 10.4. The number of nitrogens with zero attached hydrogens (tertiary/aromatic N) is 3. The van der Waals surface area contributed by atoms with Crippen molar-refractivity contribution >= 4 is 16.7 Å². The topological polar surface area (TPSA) is 94.2 Å². The second kappa shape index (κ2) is 10.1. The van der Waals surface area contributed by atoms with Crippen LogP contribution in [0.25, 0.3) is 10.9 Å². The van der Waals surface area contributed by atoms with E-state index in [1.165, 1.54) is 36.1 Å². The van der Waals surface area contributed by atoms with Crippen LogP contribution < -0.4 is 10.3 Å². The number of ketones is 1. The van der Waals surface area contributed by atoms with Crippen LogP contribution in [0.3, 0.4) is 0 Å². The van der Waals surface area contributed by atoms with Gasteiger partial charge in [0.05, 0.1) is 17.7 Å². The lowest BCUT2D eigenvalue weighted by Crippen LogP contribution is -2.25. The zero-order valence-corrected chi connectivity index (χ0v) is 18.3. The van der Waals surface area contributed by atoms with Gasteiger partial charge in [0.15, 0.2) is 5.78 Å². The number of hydrogen-bond acceptors (Lipinski definition) is 6. The number of benzene rings is 2. The summed E-state index contributed by atoms with van der Waals surface area (Å²) in [6.07, 6.45) is 3.03. The third-order valence-electron chi connectivity index (χ3n) is 5.29. The van der Waals surface area contributed by atoms with Gasteiger partial charge in [-0.3, -0.25) is 14.6 Å². The number of carbonyl (C=O) groups excluding carboxylic acids is 1. The lowest BCUT2D eigenvalue weighted by Gasteiger charge is -2.13. The molecular formula is C26H20FN3O4. The van der Waals surface area contributed by atoms with Crippen molar-refractivity contribution in [1.82, 2.24) is 9.55 Å². The summed E-state index contributed by atoms with van der Waals surface area (Å²) in [5.74, 6) is -1.02. The summed E-state index contributed by atoms with van der Waals surface area (Å²) in [6.45, 7) is 0.485. The van der Waals surface area contributed by atoms with Gasteiger partial charge in [0.1, 0.15) is 29.8 Å². The number of halogens is 1. The third-order valence-corrected chi connectivity index (χ3v) is 5.29. The average molecular weight is 457 g/mol. The van der Waals surface area contributed by atoms with Gasteiger partial charge in [-0.25, -0.2) is 4.39 Å². The predicted molar refractivity (Wildman–Crippen MR) is 123 cm³/mol. The Bertz CT molecular complexity index is 1470. The maximum Gasteiger partial charge on any atom is 0.268 e. The molecular weight excluding hydrogens is 437 g/mol. The first-order valence-corrected chi connectivity index (χ1v) is 10.4. The molecule has 0 saturated heterocycles. The van der Waals surface area contributed by atoms with Crippen molar-refractivity contribution in [2.75, 3.05) is 13.7 Å². The fourth-order valence-electron chi connectivity index (χ4n) is 3.60. The maximum absolute atomic E-state index is 14.1. The molecule has 0 fully saturated rings. The van der Waals surface area contributed by atoms with Crippen LogP contribution in [-0.2, 0) is 17.9 Å². The number of hydrogen-bond donors (Lipinski definition) is 0. The van der Waals surface area contributed by atoms with Gasteiger partial charge in [0.25, 0.3) is 5.56 Å². The summed E-state index contributed by atoms with van der Waals surface area (Å²) in [7, 11) is 1.48. The SMILES string of the molecule is COCCn1cc(C(=O)c2cc(F)ccc2OCc2cccc3cccnc23)cc(C#N)c1=O. The summed E-state index contributed by atoms with van der Waals surface area (Å²) in [6, 6.07) is 16.1. The Labute approximate surface area is 194 Å². The summed E-state index contributed by atoms with van der Waals surface area (Å²) in [5, 5.41) is 10.3. The summed E-state index contributed by atoms with van der Waals surface area (Å²) in [4.78, 5) is 30.1. The molecule has 0 saturated carbocycles. The molecule has 4 rings (SSSR count). The third kappa shape index (κ3) is 4.70. The fourth-order valence-corrected chi connectivity index (χ4v) is 3.60. The zero-order chi connectivity index (χ0) is 24.1. The molecule has 0 aliphatic carbocycles. The van der Waals surface area contributed by atoms with Crippen LogP contribution in [0.5, 0.6) is 5.75 Å². The van der Waals surface area contributed by atoms with Crippen LogP contribution in [0.4, 0.5) is 4.39 Å². The molecule has 7 nitrogen and oxygen atoms in total. The van der Waals surface area contributed by atoms with E-state index in [0.717, 1.165) is 22.5 Å². The molecule has 0 aliphatic rings. The Hall–Kier alpha value is -4.35. The lowest BCUT2D eigenvalue weighted by atomic mass is 10.0. The second-order valence-electron chi connectivity index (χ2n) is 7.50. The Morgan fingerprint density at radius 1 is 1.18 bits per heavy atom. The van der Waals surface area contributed by atoms with Crippen LogP contribution in [0.15, 0.2) is 71.8 Å². The number of aromatic nitrogens is 2. The van der Waals surface area contributed by atoms with E-state index in [0.29, 0.717) is 0 Å². The highest BCUT2D eigenvalue weighted by atomic mass is 19.1. The fraction of sp³-hybridized carbons (Fsp3) is 0.154. The highest BCUT2D eigenvalue weighted by Crippen LogP contribution is 2.25. The first kappa shape index (κ1) is 22.8. The van der Waals surface area contributed by atoms with E-state index >= 15 is 0 Å². The molecule has 0 amide bonds. The minimum Gasteiger partial charge on any atom is -0.488 e. The number of pyridine rings is 2. The molecule has 2 aromatic heterocycles. The number of methoxy groups -OCH3 is 1. The van der Waals surface area contributed by atoms with E-state index in [4.69, 9.17) is 9.47 Å². The van der Waals surface area contributed by atoms with Crippen molar-refractivity contribution < 1.29 is 18.7 Å². The van der Waals surface area contributed by atoms with Crippen LogP contribution in [0.1, 0.15) is 27.0 Å². The normalized spacial score (nSPS) is 10.7. The Kier molecular flexibility index (Phi) is 6.76. The molecule has 0 spiro atoms. The average Bonchev–Trinajstić information content (AvgIpc) is 2.86. The first-order chi connectivity index (χ1) is 16.5. The van der Waals surface area contributed by atoms with E-state index in [-0.39, 0.29) is 42.2 Å². The van der Waals surface area contributed by atoms with Gasteiger partial charge >= 0.3 is 0 Å². The lowest BCUT2D eigenvalue weighted by molar-refractivity contribution is 0.103. The monoisotopic (exact) mass is 457 g/mol. The van der Waals surface area contributed by atoms with Gasteiger partial charge in [0.2, 0.25) is 0 Å². The smallest absolute Gasteiger partial charge is 0.268 e. The van der Waals surface area contributed by atoms with Crippen molar-refractivity contribution in [3.8, 4) is 11.8 Å². The predicted octanol–water partition coefficient (Wildman–Crippen LogP) is 3.86. The largest absolute Gasteiger partial charge is 0.488 e. The van der Waals surface area contributed by atoms with Gasteiger partial charge in [-0.05, 0) is 30.3 Å². The van der Waals surface area contributed by atoms with Crippen molar-refractivity contribution in [3.63, 3.8) is 0 Å². The molecule has 0 aliphatic heterocycles. The zero-order valence-electron chi connectivity index (χ0n) is 18.3. The number of ether oxygens (including phenoxy) is 2. The van der Waals surface area contributed by atoms with Gasteiger partial charge in [-0.1, -0.05) is 24.3 Å².